The molecule has 1 rings (SSSR count). The van der Waals surface area contributed by atoms with E-state index < -0.39 is 10.7 Å². The molecule has 1 aliphatic heterocycles. The van der Waals surface area contributed by atoms with Crippen molar-refractivity contribution in [3.05, 3.63) is 0 Å². The van der Waals surface area contributed by atoms with Crippen molar-refractivity contribution in [3.63, 3.8) is 0 Å². The highest BCUT2D eigenvalue weighted by Crippen LogP contribution is 2.28. The van der Waals surface area contributed by atoms with Crippen LogP contribution in [0.15, 0.2) is 0 Å². The Labute approximate surface area is 100 Å². The van der Waals surface area contributed by atoms with Gasteiger partial charge in [0.1, 0.15) is 0 Å². The molecule has 0 aromatic carbocycles. The fraction of sp³-hybridized carbons (Fsp3) is 0.818. The number of halogens is 1. The van der Waals surface area contributed by atoms with Crippen LogP contribution in [0.4, 0.5) is 0 Å². The second-order valence-corrected chi connectivity index (χ2v) is 4.36. The number of rotatable bonds is 5. The molecule has 1 aliphatic rings. The van der Waals surface area contributed by atoms with Gasteiger partial charge in [-0.3, -0.25) is 4.79 Å². The first kappa shape index (κ1) is 13.4. The highest BCUT2D eigenvalue weighted by Gasteiger charge is 2.43. The second kappa shape index (κ2) is 6.19. The lowest BCUT2D eigenvalue weighted by atomic mass is 9.93. The van der Waals surface area contributed by atoms with E-state index in [0.29, 0.717) is 0 Å². The van der Waals surface area contributed by atoms with Crippen LogP contribution in [0.2, 0.25) is 0 Å². The van der Waals surface area contributed by atoms with Gasteiger partial charge in [-0.25, -0.2) is 0 Å². The lowest BCUT2D eigenvalue weighted by Gasteiger charge is -2.32. The van der Waals surface area contributed by atoms with Crippen LogP contribution >= 0.6 is 11.6 Å². The standard InChI is InChI=1S/C11H16ClNO3/c1-2-3-4-5-9-15-7-11(6-13,8-16-9)10(12)14/h9H,2-5,7-8H2,1H3. The molecule has 0 saturated carbocycles. The van der Waals surface area contributed by atoms with Crippen LogP contribution in [0, 0.1) is 16.7 Å². The Hall–Kier alpha value is -0.630. The smallest absolute Gasteiger partial charge is 0.246 e. The zero-order chi connectivity index (χ0) is 12.0. The van der Waals surface area contributed by atoms with E-state index in [-0.39, 0.29) is 19.5 Å². The summed E-state index contributed by atoms with van der Waals surface area (Å²) in [5.41, 5.74) is -1.32. The van der Waals surface area contributed by atoms with Crippen LogP contribution in [-0.4, -0.2) is 24.7 Å². The minimum Gasteiger partial charge on any atom is -0.350 e. The first-order valence-corrected chi connectivity index (χ1v) is 5.87. The number of unbranched alkanes of at least 4 members (excludes halogenated alkanes) is 2. The molecule has 16 heavy (non-hydrogen) atoms. The average molecular weight is 246 g/mol. The highest BCUT2D eigenvalue weighted by molar-refractivity contribution is 6.65. The molecule has 0 atom stereocenters. The van der Waals surface area contributed by atoms with E-state index in [4.69, 9.17) is 26.3 Å². The van der Waals surface area contributed by atoms with Crippen LogP contribution in [0.25, 0.3) is 0 Å². The first-order chi connectivity index (χ1) is 7.64. The lowest BCUT2D eigenvalue weighted by molar-refractivity contribution is -0.215. The third-order valence-corrected chi connectivity index (χ3v) is 3.03. The van der Waals surface area contributed by atoms with Gasteiger partial charge in [-0.1, -0.05) is 19.8 Å². The van der Waals surface area contributed by atoms with Crippen LogP contribution < -0.4 is 0 Å². The molecule has 0 spiro atoms. The van der Waals surface area contributed by atoms with E-state index in [0.717, 1.165) is 25.7 Å². The maximum absolute atomic E-state index is 11.1. The topological polar surface area (TPSA) is 59.3 Å². The predicted molar refractivity (Wildman–Crippen MR) is 58.7 cm³/mol. The largest absolute Gasteiger partial charge is 0.350 e. The van der Waals surface area contributed by atoms with Crippen molar-refractivity contribution < 1.29 is 14.3 Å². The summed E-state index contributed by atoms with van der Waals surface area (Å²) in [5, 5.41) is 8.19. The Morgan fingerprint density at radius 2 is 2.12 bits per heavy atom. The molecule has 0 aromatic heterocycles. The first-order valence-electron chi connectivity index (χ1n) is 5.49. The zero-order valence-corrected chi connectivity index (χ0v) is 10.1. The van der Waals surface area contributed by atoms with Gasteiger partial charge >= 0.3 is 0 Å². The molecule has 0 amide bonds. The summed E-state index contributed by atoms with van der Waals surface area (Å²) < 4.78 is 10.7. The van der Waals surface area contributed by atoms with Gasteiger partial charge in [0.15, 0.2) is 11.7 Å². The monoisotopic (exact) mass is 245 g/mol. The Bertz CT molecular complexity index is 279. The molecule has 0 aromatic rings. The third kappa shape index (κ3) is 3.18. The molecule has 0 N–H and O–H groups in total. The van der Waals surface area contributed by atoms with Crippen LogP contribution in [0.5, 0.6) is 0 Å². The average Bonchev–Trinajstić information content (AvgIpc) is 2.30. The van der Waals surface area contributed by atoms with Crippen molar-refractivity contribution >= 4 is 16.8 Å². The number of carbonyl (C=O) groups is 1. The van der Waals surface area contributed by atoms with Crippen molar-refractivity contribution in [1.82, 2.24) is 0 Å². The lowest BCUT2D eigenvalue weighted by Crippen LogP contribution is -2.44. The van der Waals surface area contributed by atoms with Gasteiger partial charge in [-0.15, -0.1) is 0 Å². The summed E-state index contributed by atoms with van der Waals surface area (Å²) >= 11 is 5.37. The second-order valence-electron chi connectivity index (χ2n) is 4.01. The molecule has 0 radical (unpaired) electrons. The van der Waals surface area contributed by atoms with Gasteiger partial charge in [0.05, 0.1) is 19.3 Å². The molecule has 1 fully saturated rings. The fourth-order valence-electron chi connectivity index (χ4n) is 1.51. The predicted octanol–water partition coefficient (Wildman–Crippen LogP) is 2.21. The Balaban J connectivity index is 2.38. The maximum atomic E-state index is 11.1. The van der Waals surface area contributed by atoms with E-state index in [1.165, 1.54) is 0 Å². The summed E-state index contributed by atoms with van der Waals surface area (Å²) in [6, 6.07) is 1.87. The van der Waals surface area contributed by atoms with E-state index in [1.807, 2.05) is 6.07 Å². The molecular weight excluding hydrogens is 230 g/mol. The number of carbonyl (C=O) groups excluding carboxylic acids is 1. The summed E-state index contributed by atoms with van der Waals surface area (Å²) in [5.74, 6) is 0. The van der Waals surface area contributed by atoms with Gasteiger partial charge in [0.25, 0.3) is 0 Å². The molecule has 1 saturated heterocycles. The van der Waals surface area contributed by atoms with E-state index in [2.05, 4.69) is 6.92 Å². The van der Waals surface area contributed by atoms with E-state index in [9.17, 15) is 4.79 Å². The summed E-state index contributed by atoms with van der Waals surface area (Å²) in [6.07, 6.45) is 3.78. The number of nitrogens with zero attached hydrogens (tertiary/aromatic N) is 1. The van der Waals surface area contributed by atoms with Crippen molar-refractivity contribution in [2.24, 2.45) is 5.41 Å². The number of nitriles is 1. The summed E-state index contributed by atoms with van der Waals surface area (Å²) in [4.78, 5) is 11.1. The van der Waals surface area contributed by atoms with Crippen LogP contribution in [0.1, 0.15) is 32.6 Å². The molecule has 0 bridgehead atoms. The molecule has 0 unspecified atom stereocenters. The highest BCUT2D eigenvalue weighted by atomic mass is 35.5. The van der Waals surface area contributed by atoms with Gasteiger partial charge in [-0.05, 0) is 24.4 Å². The molecule has 1 heterocycles. The molecule has 5 heteroatoms. The van der Waals surface area contributed by atoms with Crippen molar-refractivity contribution in [2.45, 2.75) is 38.9 Å². The van der Waals surface area contributed by atoms with Crippen LogP contribution in [-0.2, 0) is 14.3 Å². The van der Waals surface area contributed by atoms with Gasteiger partial charge in [0, 0.05) is 0 Å². The van der Waals surface area contributed by atoms with Crippen molar-refractivity contribution in [1.29, 1.82) is 5.26 Å². The number of ether oxygens (including phenoxy) is 2. The Kier molecular flexibility index (Phi) is 5.20. The van der Waals surface area contributed by atoms with E-state index >= 15 is 0 Å². The molecular formula is C11H16ClNO3. The van der Waals surface area contributed by atoms with Gasteiger partial charge in [-0.2, -0.15) is 5.26 Å². The quantitative estimate of drug-likeness (QED) is 0.550. The van der Waals surface area contributed by atoms with Crippen molar-refractivity contribution in [2.75, 3.05) is 13.2 Å². The minimum absolute atomic E-state index is 0.0304. The number of hydrogen-bond donors (Lipinski definition) is 0. The number of hydrogen-bond acceptors (Lipinski definition) is 4. The SMILES string of the molecule is CCCCCC1OCC(C#N)(C(=O)Cl)CO1. The zero-order valence-electron chi connectivity index (χ0n) is 9.37. The molecule has 0 aliphatic carbocycles. The van der Waals surface area contributed by atoms with E-state index in [1.54, 1.807) is 0 Å². The third-order valence-electron chi connectivity index (χ3n) is 2.66. The molecule has 4 nitrogen and oxygen atoms in total. The fourth-order valence-corrected chi connectivity index (χ4v) is 1.66. The van der Waals surface area contributed by atoms with Gasteiger partial charge < -0.3 is 9.47 Å². The summed E-state index contributed by atoms with van der Waals surface area (Å²) in [7, 11) is 0. The Morgan fingerprint density at radius 3 is 2.56 bits per heavy atom. The van der Waals surface area contributed by atoms with Crippen LogP contribution in [0.3, 0.4) is 0 Å². The minimum atomic E-state index is -1.32. The normalized spacial score (nSPS) is 29.7. The van der Waals surface area contributed by atoms with Crippen molar-refractivity contribution in [3.8, 4) is 6.07 Å². The summed E-state index contributed by atoms with van der Waals surface area (Å²) in [6.45, 7) is 2.18. The molecule has 90 valence electrons. The maximum Gasteiger partial charge on any atom is 0.246 e. The Morgan fingerprint density at radius 1 is 1.50 bits per heavy atom. The van der Waals surface area contributed by atoms with Gasteiger partial charge in [0.2, 0.25) is 5.24 Å².